The Morgan fingerprint density at radius 3 is 1.57 bits per heavy atom. The van der Waals surface area contributed by atoms with Gasteiger partial charge in [-0.3, -0.25) is 0 Å². The van der Waals surface area contributed by atoms with Crippen molar-refractivity contribution in [1.82, 2.24) is 15.0 Å². The van der Waals surface area contributed by atoms with Gasteiger partial charge in [0.05, 0.1) is 0 Å². The van der Waals surface area contributed by atoms with Crippen LogP contribution in [0.25, 0.3) is 67.2 Å². The van der Waals surface area contributed by atoms with Crippen LogP contribution in [-0.4, -0.2) is 15.0 Å². The van der Waals surface area contributed by atoms with Gasteiger partial charge in [-0.25, -0.2) is 15.0 Å². The highest BCUT2D eigenvalue weighted by molar-refractivity contribution is 6.09. The molecule has 0 bridgehead atoms. The van der Waals surface area contributed by atoms with Crippen molar-refractivity contribution in [3.63, 3.8) is 0 Å². The fourth-order valence-corrected chi connectivity index (χ4v) is 8.59. The molecule has 0 aliphatic heterocycles. The van der Waals surface area contributed by atoms with E-state index in [0.29, 0.717) is 17.5 Å². The van der Waals surface area contributed by atoms with Gasteiger partial charge in [0.1, 0.15) is 0 Å². The smallest absolute Gasteiger partial charge is 0.164 e. The summed E-state index contributed by atoms with van der Waals surface area (Å²) in [5, 5.41) is 2.38. The second-order valence-corrected chi connectivity index (χ2v) is 15.3. The molecule has 1 heterocycles. The third kappa shape index (κ3) is 4.11. The third-order valence-corrected chi connectivity index (χ3v) is 11.9. The zero-order chi connectivity index (χ0) is 33.7. The Balaban J connectivity index is 1.34. The van der Waals surface area contributed by atoms with Crippen LogP contribution in [0.3, 0.4) is 0 Å². The van der Waals surface area contributed by atoms with Crippen molar-refractivity contribution in [2.75, 3.05) is 0 Å². The molecule has 3 nitrogen and oxygen atoms in total. The van der Waals surface area contributed by atoms with Crippen molar-refractivity contribution in [3.05, 3.63) is 150 Å². The Hall–Kier alpha value is -5.41. The minimum Gasteiger partial charge on any atom is -0.208 e. The van der Waals surface area contributed by atoms with Crippen LogP contribution in [0.5, 0.6) is 0 Å². The van der Waals surface area contributed by atoms with Crippen molar-refractivity contribution < 1.29 is 0 Å². The molecule has 7 aromatic rings. The van der Waals surface area contributed by atoms with E-state index < -0.39 is 0 Å². The van der Waals surface area contributed by atoms with Crippen molar-refractivity contribution in [2.45, 2.75) is 57.8 Å². The van der Waals surface area contributed by atoms with Gasteiger partial charge in [0.15, 0.2) is 17.5 Å². The highest BCUT2D eigenvalue weighted by atomic mass is 15.0. The summed E-state index contributed by atoms with van der Waals surface area (Å²) in [4.78, 5) is 15.4. The number of aromatic nitrogens is 3. The van der Waals surface area contributed by atoms with Gasteiger partial charge >= 0.3 is 0 Å². The largest absolute Gasteiger partial charge is 0.208 e. The summed E-state index contributed by atoms with van der Waals surface area (Å²) in [6.45, 7) is 14.5. The van der Waals surface area contributed by atoms with Crippen molar-refractivity contribution in [1.29, 1.82) is 0 Å². The summed E-state index contributed by atoms with van der Waals surface area (Å²) in [5.41, 5.74) is 13.6. The summed E-state index contributed by atoms with van der Waals surface area (Å²) < 4.78 is 0. The second kappa shape index (κ2) is 10.3. The van der Waals surface area contributed by atoms with Gasteiger partial charge in [-0.1, -0.05) is 163 Å². The van der Waals surface area contributed by atoms with Crippen LogP contribution in [0.4, 0.5) is 0 Å². The minimum atomic E-state index is -0.267. The summed E-state index contributed by atoms with van der Waals surface area (Å²) in [6, 6.07) is 45.6. The van der Waals surface area contributed by atoms with Crippen molar-refractivity contribution in [3.8, 4) is 56.4 Å². The SMILES string of the molecule is CC1(C)c2cc(-c3nc(-c4ccccc4)nc(-c4ccccc4)n3)c3ccccc3c2-c2ccc3c(c21)-c1ccccc1C(C)(C)C3(C)C. The summed E-state index contributed by atoms with van der Waals surface area (Å²) in [5.74, 6) is 2.04. The number of rotatable bonds is 3. The predicted octanol–water partition coefficient (Wildman–Crippen LogP) is 11.6. The van der Waals surface area contributed by atoms with Gasteiger partial charge in [0.2, 0.25) is 0 Å². The first-order valence-corrected chi connectivity index (χ1v) is 17.3. The van der Waals surface area contributed by atoms with E-state index in [1.807, 2.05) is 36.4 Å². The molecule has 0 amide bonds. The molecule has 0 atom stereocenters. The molecule has 0 spiro atoms. The van der Waals surface area contributed by atoms with Gasteiger partial charge < -0.3 is 0 Å². The van der Waals surface area contributed by atoms with Crippen molar-refractivity contribution >= 4 is 10.8 Å². The van der Waals surface area contributed by atoms with E-state index in [-0.39, 0.29) is 16.2 Å². The summed E-state index contributed by atoms with van der Waals surface area (Å²) in [7, 11) is 0. The van der Waals surface area contributed by atoms with E-state index in [9.17, 15) is 0 Å². The Labute approximate surface area is 288 Å². The van der Waals surface area contributed by atoms with Crippen molar-refractivity contribution in [2.24, 2.45) is 0 Å². The predicted molar refractivity (Wildman–Crippen MR) is 203 cm³/mol. The standard InChI is InChI=1S/C46H39N3/c1-44(2)37-27-34(43-48-41(28-17-9-7-10-18-28)47-42(49-43)29-19-11-8-12-20-29)30-21-13-14-22-31(30)38(37)33-25-26-36-39(40(33)44)32-23-15-16-24-35(32)45(3,4)46(36,5)6/h7-27H,1-6H3. The topological polar surface area (TPSA) is 38.7 Å². The number of benzene rings is 6. The van der Waals surface area contributed by atoms with Crippen LogP contribution < -0.4 is 0 Å². The number of hydrogen-bond donors (Lipinski definition) is 0. The molecular formula is C46H39N3. The maximum absolute atomic E-state index is 5.18. The van der Waals surface area contributed by atoms with Crippen LogP contribution >= 0.6 is 0 Å². The Morgan fingerprint density at radius 1 is 0.388 bits per heavy atom. The highest BCUT2D eigenvalue weighted by Gasteiger charge is 2.49. The molecule has 1 aromatic heterocycles. The van der Waals surface area contributed by atoms with E-state index in [1.54, 1.807) is 0 Å². The normalized spacial score (nSPS) is 16.0. The van der Waals surface area contributed by atoms with E-state index in [4.69, 9.17) is 15.0 Å². The molecule has 0 saturated carbocycles. The van der Waals surface area contributed by atoms with Gasteiger partial charge in [-0.2, -0.15) is 0 Å². The molecule has 0 radical (unpaired) electrons. The zero-order valence-electron chi connectivity index (χ0n) is 29.0. The average molecular weight is 634 g/mol. The lowest BCUT2D eigenvalue weighted by molar-refractivity contribution is 0.298. The number of nitrogens with zero attached hydrogens (tertiary/aromatic N) is 3. The van der Waals surface area contributed by atoms with Gasteiger partial charge in [-0.05, 0) is 72.2 Å². The molecule has 238 valence electrons. The van der Waals surface area contributed by atoms with Crippen LogP contribution in [0.1, 0.15) is 63.8 Å². The van der Waals surface area contributed by atoms with Gasteiger partial charge in [-0.15, -0.1) is 0 Å². The number of hydrogen-bond acceptors (Lipinski definition) is 3. The highest BCUT2D eigenvalue weighted by Crippen LogP contribution is 2.61. The molecule has 2 aliphatic rings. The maximum atomic E-state index is 5.18. The molecule has 0 N–H and O–H groups in total. The van der Waals surface area contributed by atoms with Gasteiger partial charge in [0.25, 0.3) is 0 Å². The molecule has 0 unspecified atom stereocenters. The molecular weight excluding hydrogens is 595 g/mol. The molecule has 0 saturated heterocycles. The van der Waals surface area contributed by atoms with Crippen LogP contribution in [0.15, 0.2) is 127 Å². The van der Waals surface area contributed by atoms with E-state index in [2.05, 4.69) is 133 Å². The minimum absolute atomic E-state index is 0.0219. The molecule has 9 rings (SSSR count). The first-order chi connectivity index (χ1) is 23.6. The van der Waals surface area contributed by atoms with Crippen LogP contribution in [0, 0.1) is 0 Å². The quantitative estimate of drug-likeness (QED) is 0.194. The first-order valence-electron chi connectivity index (χ1n) is 17.3. The van der Waals surface area contributed by atoms with E-state index in [0.717, 1.165) is 22.1 Å². The summed E-state index contributed by atoms with van der Waals surface area (Å²) in [6.07, 6.45) is 0. The lowest BCUT2D eigenvalue weighted by Crippen LogP contribution is -2.44. The number of fused-ring (bicyclic) bond motifs is 9. The zero-order valence-corrected chi connectivity index (χ0v) is 29.0. The fraction of sp³-hybridized carbons (Fsp3) is 0.196. The Morgan fingerprint density at radius 2 is 0.918 bits per heavy atom. The van der Waals surface area contributed by atoms with Gasteiger partial charge in [0, 0.05) is 22.1 Å². The third-order valence-electron chi connectivity index (χ3n) is 11.9. The van der Waals surface area contributed by atoms with Crippen LogP contribution in [-0.2, 0) is 16.2 Å². The lowest BCUT2D eigenvalue weighted by Gasteiger charge is -2.49. The van der Waals surface area contributed by atoms with E-state index in [1.165, 1.54) is 49.9 Å². The molecule has 49 heavy (non-hydrogen) atoms. The molecule has 0 fully saturated rings. The van der Waals surface area contributed by atoms with E-state index >= 15 is 0 Å². The monoisotopic (exact) mass is 633 g/mol. The average Bonchev–Trinajstić information content (AvgIpc) is 3.37. The summed E-state index contributed by atoms with van der Waals surface area (Å²) >= 11 is 0. The lowest BCUT2D eigenvalue weighted by atomic mass is 9.54. The molecule has 6 aromatic carbocycles. The fourth-order valence-electron chi connectivity index (χ4n) is 8.59. The van der Waals surface area contributed by atoms with Crippen LogP contribution in [0.2, 0.25) is 0 Å². The molecule has 3 heteroatoms. The maximum Gasteiger partial charge on any atom is 0.164 e. The second-order valence-electron chi connectivity index (χ2n) is 15.3. The Kier molecular flexibility index (Phi) is 6.24. The molecule has 2 aliphatic carbocycles. The first kappa shape index (κ1) is 29.7. The Bertz CT molecular complexity index is 2400.